The lowest BCUT2D eigenvalue weighted by molar-refractivity contribution is -0.145. The topological polar surface area (TPSA) is 75.4 Å². The van der Waals surface area contributed by atoms with Crippen molar-refractivity contribution in [3.05, 3.63) is 17.5 Å². The molecule has 128 valence electrons. The Kier molecular flexibility index (Phi) is 5.44. The van der Waals surface area contributed by atoms with Crippen LogP contribution in [0.1, 0.15) is 50.2 Å². The summed E-state index contributed by atoms with van der Waals surface area (Å²) in [5.41, 5.74) is 1.63. The molecule has 2 heterocycles. The van der Waals surface area contributed by atoms with Gasteiger partial charge in [-0.05, 0) is 24.7 Å². The van der Waals surface area contributed by atoms with Crippen molar-refractivity contribution in [2.75, 3.05) is 13.1 Å². The van der Waals surface area contributed by atoms with E-state index in [1.165, 1.54) is 0 Å². The second-order valence-corrected chi connectivity index (χ2v) is 6.90. The Morgan fingerprint density at radius 2 is 2.13 bits per heavy atom. The van der Waals surface area contributed by atoms with Gasteiger partial charge in [0.05, 0.1) is 23.4 Å². The van der Waals surface area contributed by atoms with Gasteiger partial charge in [0.1, 0.15) is 0 Å². The quantitative estimate of drug-likeness (QED) is 0.903. The van der Waals surface area contributed by atoms with E-state index in [0.29, 0.717) is 31.0 Å². The van der Waals surface area contributed by atoms with Crippen LogP contribution in [0.5, 0.6) is 0 Å². The van der Waals surface area contributed by atoms with Crippen LogP contribution in [-0.4, -0.2) is 44.8 Å². The third-order valence-electron chi connectivity index (χ3n) is 4.56. The zero-order valence-electron chi connectivity index (χ0n) is 14.5. The summed E-state index contributed by atoms with van der Waals surface area (Å²) in [7, 11) is 0. The van der Waals surface area contributed by atoms with Crippen LogP contribution in [0.15, 0.2) is 6.20 Å². The normalized spacial score (nSPS) is 21.7. The van der Waals surface area contributed by atoms with Gasteiger partial charge in [-0.15, -0.1) is 0 Å². The van der Waals surface area contributed by atoms with E-state index in [1.807, 2.05) is 18.5 Å². The highest BCUT2D eigenvalue weighted by molar-refractivity contribution is 5.95. The Morgan fingerprint density at radius 3 is 2.65 bits per heavy atom. The highest BCUT2D eigenvalue weighted by atomic mass is 16.4. The Hall–Kier alpha value is -1.85. The third kappa shape index (κ3) is 3.74. The number of hydrogen-bond donors (Lipinski definition) is 1. The van der Waals surface area contributed by atoms with E-state index in [9.17, 15) is 14.7 Å². The van der Waals surface area contributed by atoms with Gasteiger partial charge in [-0.1, -0.05) is 27.7 Å². The molecular weight excluding hydrogens is 294 g/mol. The molecule has 1 saturated heterocycles. The summed E-state index contributed by atoms with van der Waals surface area (Å²) >= 11 is 0. The minimum absolute atomic E-state index is 0.0208. The minimum Gasteiger partial charge on any atom is -0.481 e. The molecule has 1 fully saturated rings. The predicted molar refractivity (Wildman–Crippen MR) is 87.3 cm³/mol. The largest absolute Gasteiger partial charge is 0.481 e. The maximum atomic E-state index is 12.8. The number of carboxylic acid groups (broad SMARTS) is 1. The number of amides is 1. The number of aliphatic carboxylic acids is 1. The van der Waals surface area contributed by atoms with Crippen molar-refractivity contribution in [2.45, 2.75) is 47.1 Å². The van der Waals surface area contributed by atoms with E-state index >= 15 is 0 Å². The fourth-order valence-electron chi connectivity index (χ4n) is 3.33. The monoisotopic (exact) mass is 321 g/mol. The summed E-state index contributed by atoms with van der Waals surface area (Å²) in [5, 5.41) is 13.6. The highest BCUT2D eigenvalue weighted by Gasteiger charge is 2.34. The van der Waals surface area contributed by atoms with Gasteiger partial charge in [0.15, 0.2) is 0 Å². The Morgan fingerprint density at radius 1 is 1.43 bits per heavy atom. The van der Waals surface area contributed by atoms with E-state index in [0.717, 1.165) is 18.7 Å². The number of nitrogens with zero attached hydrogens (tertiary/aromatic N) is 3. The van der Waals surface area contributed by atoms with Crippen molar-refractivity contribution in [1.29, 1.82) is 0 Å². The number of rotatable bonds is 5. The Bertz CT molecular complexity index is 580. The molecule has 0 radical (unpaired) electrons. The van der Waals surface area contributed by atoms with Crippen molar-refractivity contribution in [1.82, 2.24) is 14.7 Å². The van der Waals surface area contributed by atoms with E-state index in [1.54, 1.807) is 11.1 Å². The van der Waals surface area contributed by atoms with Crippen LogP contribution in [0.2, 0.25) is 0 Å². The van der Waals surface area contributed by atoms with E-state index < -0.39 is 5.97 Å². The lowest BCUT2D eigenvalue weighted by atomic mass is 9.87. The van der Waals surface area contributed by atoms with E-state index in [-0.39, 0.29) is 17.7 Å². The number of carbonyl (C=O) groups excluding carboxylic acids is 1. The van der Waals surface area contributed by atoms with Gasteiger partial charge < -0.3 is 10.0 Å². The van der Waals surface area contributed by atoms with Crippen LogP contribution in [0.25, 0.3) is 0 Å². The molecule has 1 aliphatic rings. The Balaban J connectivity index is 2.15. The summed E-state index contributed by atoms with van der Waals surface area (Å²) in [4.78, 5) is 25.8. The second-order valence-electron chi connectivity index (χ2n) is 6.90. The number of aromatic nitrogens is 2. The molecule has 0 spiro atoms. The predicted octanol–water partition coefficient (Wildman–Crippen LogP) is 2.28. The van der Waals surface area contributed by atoms with Crippen LogP contribution < -0.4 is 0 Å². The molecule has 23 heavy (non-hydrogen) atoms. The second kappa shape index (κ2) is 7.15. The summed E-state index contributed by atoms with van der Waals surface area (Å²) in [6, 6.07) is 0. The molecule has 0 aromatic carbocycles. The number of piperidine rings is 1. The molecule has 2 rings (SSSR count). The standard InChI is InChI=1S/C17H27N3O3/c1-5-15-14(8-18-20(15)9-11(2)3)16(21)19-7-6-13(17(22)23)12(4)10-19/h8,11-13H,5-7,9-10H2,1-4H3,(H,22,23). The number of carboxylic acids is 1. The minimum atomic E-state index is -0.761. The number of carbonyl (C=O) groups is 2. The van der Waals surface area contributed by atoms with Crippen molar-refractivity contribution < 1.29 is 14.7 Å². The lowest BCUT2D eigenvalue weighted by Crippen LogP contribution is -2.45. The summed E-state index contributed by atoms with van der Waals surface area (Å²) in [5.74, 6) is -0.694. The van der Waals surface area contributed by atoms with E-state index in [4.69, 9.17) is 0 Å². The molecule has 1 aromatic heterocycles. The maximum absolute atomic E-state index is 12.8. The fourth-order valence-corrected chi connectivity index (χ4v) is 3.33. The first-order chi connectivity index (χ1) is 10.8. The van der Waals surface area contributed by atoms with Crippen LogP contribution in [0.3, 0.4) is 0 Å². The molecule has 1 N–H and O–H groups in total. The zero-order chi connectivity index (χ0) is 17.1. The summed E-state index contributed by atoms with van der Waals surface area (Å²) in [6.45, 7) is 9.98. The lowest BCUT2D eigenvalue weighted by Gasteiger charge is -2.35. The number of likely N-dealkylation sites (tertiary alicyclic amines) is 1. The summed E-state index contributed by atoms with van der Waals surface area (Å²) < 4.78 is 1.92. The first-order valence-electron chi connectivity index (χ1n) is 8.41. The molecule has 6 nitrogen and oxygen atoms in total. The maximum Gasteiger partial charge on any atom is 0.306 e. The SMILES string of the molecule is CCc1c(C(=O)N2CCC(C(=O)O)C(C)C2)cnn1CC(C)C. The molecule has 0 saturated carbocycles. The van der Waals surface area contributed by atoms with E-state index in [2.05, 4.69) is 18.9 Å². The van der Waals surface area contributed by atoms with Crippen LogP contribution in [0.4, 0.5) is 0 Å². The van der Waals surface area contributed by atoms with Gasteiger partial charge >= 0.3 is 5.97 Å². The van der Waals surface area contributed by atoms with Crippen LogP contribution in [-0.2, 0) is 17.8 Å². The van der Waals surface area contributed by atoms with Gasteiger partial charge in [-0.3, -0.25) is 14.3 Å². The van der Waals surface area contributed by atoms with Crippen molar-refractivity contribution >= 4 is 11.9 Å². The molecule has 6 heteroatoms. The molecule has 2 unspecified atom stereocenters. The zero-order valence-corrected chi connectivity index (χ0v) is 14.5. The molecule has 1 aromatic rings. The average Bonchev–Trinajstić information content (AvgIpc) is 2.87. The average molecular weight is 321 g/mol. The first kappa shape index (κ1) is 17.5. The molecule has 1 amide bonds. The summed E-state index contributed by atoms with van der Waals surface area (Å²) in [6.07, 6.45) is 2.94. The first-order valence-corrected chi connectivity index (χ1v) is 8.41. The van der Waals surface area contributed by atoms with Gasteiger partial charge in [0.2, 0.25) is 0 Å². The molecule has 1 aliphatic heterocycles. The Labute approximate surface area is 137 Å². The van der Waals surface area contributed by atoms with Crippen molar-refractivity contribution in [3.63, 3.8) is 0 Å². The van der Waals surface area contributed by atoms with Crippen molar-refractivity contribution in [2.24, 2.45) is 17.8 Å². The van der Waals surface area contributed by atoms with Crippen LogP contribution in [0, 0.1) is 17.8 Å². The highest BCUT2D eigenvalue weighted by Crippen LogP contribution is 2.25. The van der Waals surface area contributed by atoms with Crippen LogP contribution >= 0.6 is 0 Å². The fraction of sp³-hybridized carbons (Fsp3) is 0.706. The molecular formula is C17H27N3O3. The number of hydrogen-bond acceptors (Lipinski definition) is 3. The van der Waals surface area contributed by atoms with Gasteiger partial charge in [0.25, 0.3) is 5.91 Å². The third-order valence-corrected chi connectivity index (χ3v) is 4.56. The molecule has 0 aliphatic carbocycles. The molecule has 2 atom stereocenters. The smallest absolute Gasteiger partial charge is 0.306 e. The van der Waals surface area contributed by atoms with Gasteiger partial charge in [0, 0.05) is 19.6 Å². The molecule has 0 bridgehead atoms. The van der Waals surface area contributed by atoms with Gasteiger partial charge in [-0.2, -0.15) is 5.10 Å². The van der Waals surface area contributed by atoms with Crippen molar-refractivity contribution in [3.8, 4) is 0 Å². The van der Waals surface area contributed by atoms with Gasteiger partial charge in [-0.25, -0.2) is 0 Å².